The summed E-state index contributed by atoms with van der Waals surface area (Å²) in [5.41, 5.74) is -0.707. The minimum Gasteiger partial charge on any atom is -0.223 e. The number of hydrogen-bond donors (Lipinski definition) is 0. The molecule has 0 N–H and O–H groups in total. The third-order valence-electron chi connectivity index (χ3n) is 3.84. The van der Waals surface area contributed by atoms with Crippen molar-refractivity contribution in [2.45, 2.75) is 55.3 Å². The van der Waals surface area contributed by atoms with Gasteiger partial charge in [0.15, 0.2) is 9.84 Å². The highest BCUT2D eigenvalue weighted by Gasteiger charge is 2.36. The number of halogens is 3. The lowest BCUT2D eigenvalue weighted by atomic mass is 10.1. The molecule has 1 aliphatic rings. The number of aryl methyl sites for hydroxylation is 1. The van der Waals surface area contributed by atoms with E-state index < -0.39 is 26.8 Å². The van der Waals surface area contributed by atoms with Gasteiger partial charge < -0.3 is 0 Å². The highest BCUT2D eigenvalue weighted by Crippen LogP contribution is 2.36. The molecule has 0 radical (unpaired) electrons. The smallest absolute Gasteiger partial charge is 0.223 e. The van der Waals surface area contributed by atoms with E-state index in [2.05, 4.69) is 0 Å². The lowest BCUT2D eigenvalue weighted by molar-refractivity contribution is -0.138. The van der Waals surface area contributed by atoms with Crippen molar-refractivity contribution in [1.82, 2.24) is 0 Å². The number of benzene rings is 1. The molecule has 0 aliphatic heterocycles. The number of alkyl halides is 3. The second-order valence-electron chi connectivity index (χ2n) is 5.12. The Morgan fingerprint density at radius 2 is 1.80 bits per heavy atom. The zero-order chi connectivity index (χ0) is 15.0. The van der Waals surface area contributed by atoms with E-state index in [0.29, 0.717) is 12.8 Å². The average molecular weight is 306 g/mol. The Bertz CT molecular complexity index is 585. The molecule has 0 aromatic heterocycles. The molecule has 1 aromatic rings. The highest BCUT2D eigenvalue weighted by atomic mass is 32.2. The van der Waals surface area contributed by atoms with Crippen molar-refractivity contribution in [3.63, 3.8) is 0 Å². The van der Waals surface area contributed by atoms with Gasteiger partial charge in [-0.3, -0.25) is 0 Å². The summed E-state index contributed by atoms with van der Waals surface area (Å²) >= 11 is 0. The van der Waals surface area contributed by atoms with Crippen LogP contribution in [0.2, 0.25) is 0 Å². The molecule has 0 atom stereocenters. The van der Waals surface area contributed by atoms with E-state index in [-0.39, 0.29) is 16.9 Å². The van der Waals surface area contributed by atoms with Crippen molar-refractivity contribution in [1.29, 1.82) is 0 Å². The molecule has 1 fully saturated rings. The van der Waals surface area contributed by atoms with Gasteiger partial charge in [0.2, 0.25) is 0 Å². The van der Waals surface area contributed by atoms with Crippen LogP contribution in [0.25, 0.3) is 0 Å². The first kappa shape index (κ1) is 15.4. The fourth-order valence-corrected chi connectivity index (χ4v) is 4.57. The van der Waals surface area contributed by atoms with Crippen LogP contribution >= 0.6 is 0 Å². The molecule has 112 valence electrons. The largest absolute Gasteiger partial charge is 0.416 e. The lowest BCUT2D eigenvalue weighted by Crippen LogP contribution is -2.19. The minimum absolute atomic E-state index is 0.128. The molecule has 6 heteroatoms. The first-order chi connectivity index (χ1) is 9.26. The molecule has 0 saturated heterocycles. The first-order valence-corrected chi connectivity index (χ1v) is 8.25. The summed E-state index contributed by atoms with van der Waals surface area (Å²) in [6.07, 6.45) is -1.57. The molecule has 1 saturated carbocycles. The summed E-state index contributed by atoms with van der Waals surface area (Å²) in [5, 5.41) is -0.531. The molecule has 2 rings (SSSR count). The molecule has 0 heterocycles. The van der Waals surface area contributed by atoms with E-state index in [0.717, 1.165) is 18.9 Å². The maximum absolute atomic E-state index is 13.0. The molecular formula is C14H17F3O2S. The van der Waals surface area contributed by atoms with Crippen LogP contribution in [0, 0.1) is 0 Å². The monoisotopic (exact) mass is 306 g/mol. The van der Waals surface area contributed by atoms with Gasteiger partial charge in [-0.25, -0.2) is 8.42 Å². The van der Waals surface area contributed by atoms with Crippen molar-refractivity contribution in [3.05, 3.63) is 29.3 Å². The zero-order valence-corrected chi connectivity index (χ0v) is 12.0. The summed E-state index contributed by atoms with van der Waals surface area (Å²) in [6, 6.07) is 3.39. The Morgan fingerprint density at radius 3 is 2.30 bits per heavy atom. The Hall–Kier alpha value is -1.04. The minimum atomic E-state index is -4.52. The molecule has 0 unspecified atom stereocenters. The first-order valence-electron chi connectivity index (χ1n) is 6.71. The summed E-state index contributed by atoms with van der Waals surface area (Å²) in [4.78, 5) is -0.200. The van der Waals surface area contributed by atoms with E-state index in [9.17, 15) is 21.6 Å². The maximum Gasteiger partial charge on any atom is 0.416 e. The molecule has 1 aromatic carbocycles. The van der Waals surface area contributed by atoms with Crippen LogP contribution in [-0.4, -0.2) is 13.7 Å². The predicted octanol–water partition coefficient (Wildman–Crippen LogP) is 3.98. The zero-order valence-electron chi connectivity index (χ0n) is 11.2. The van der Waals surface area contributed by atoms with Gasteiger partial charge in [0, 0.05) is 0 Å². The maximum atomic E-state index is 13.0. The van der Waals surface area contributed by atoms with Gasteiger partial charge in [-0.15, -0.1) is 0 Å². The van der Waals surface area contributed by atoms with Gasteiger partial charge in [0.05, 0.1) is 15.7 Å². The molecule has 1 aliphatic carbocycles. The van der Waals surface area contributed by atoms with Crippen LogP contribution < -0.4 is 0 Å². The molecule has 2 nitrogen and oxygen atoms in total. The lowest BCUT2D eigenvalue weighted by Gasteiger charge is -2.16. The van der Waals surface area contributed by atoms with Crippen molar-refractivity contribution < 1.29 is 21.6 Å². The van der Waals surface area contributed by atoms with Gasteiger partial charge in [-0.05, 0) is 37.0 Å². The molecule has 20 heavy (non-hydrogen) atoms. The second kappa shape index (κ2) is 5.39. The Kier molecular flexibility index (Phi) is 4.14. The van der Waals surface area contributed by atoms with Crippen molar-refractivity contribution >= 4 is 9.84 Å². The normalized spacial score (nSPS) is 17.6. The van der Waals surface area contributed by atoms with Crippen molar-refractivity contribution in [2.75, 3.05) is 0 Å². The number of sulfone groups is 1. The van der Waals surface area contributed by atoms with Crippen LogP contribution in [0.15, 0.2) is 23.1 Å². The highest BCUT2D eigenvalue weighted by molar-refractivity contribution is 7.92. The van der Waals surface area contributed by atoms with Crippen LogP contribution in [0.4, 0.5) is 13.2 Å². The number of hydrogen-bond acceptors (Lipinski definition) is 2. The summed E-state index contributed by atoms with van der Waals surface area (Å²) in [6.45, 7) is 1.62. The molecule has 0 bridgehead atoms. The Morgan fingerprint density at radius 1 is 1.20 bits per heavy atom. The van der Waals surface area contributed by atoms with Crippen LogP contribution in [0.1, 0.15) is 43.7 Å². The Labute approximate surface area is 116 Å². The van der Waals surface area contributed by atoms with E-state index in [4.69, 9.17) is 0 Å². The van der Waals surface area contributed by atoms with Crippen LogP contribution in [0.3, 0.4) is 0 Å². The van der Waals surface area contributed by atoms with Crippen LogP contribution in [-0.2, 0) is 22.4 Å². The van der Waals surface area contributed by atoms with Crippen molar-refractivity contribution in [3.8, 4) is 0 Å². The topological polar surface area (TPSA) is 34.1 Å². The fourth-order valence-electron chi connectivity index (χ4n) is 2.70. The molecule has 0 amide bonds. The third kappa shape index (κ3) is 2.85. The molecule has 0 spiro atoms. The Balaban J connectivity index is 2.48. The SMILES string of the molecule is CCc1ccc(S(=O)(=O)C2CCCC2)cc1C(F)(F)F. The van der Waals surface area contributed by atoms with Gasteiger partial charge in [-0.1, -0.05) is 25.8 Å². The molecular weight excluding hydrogens is 289 g/mol. The van der Waals surface area contributed by atoms with E-state index in [1.165, 1.54) is 12.1 Å². The third-order valence-corrected chi connectivity index (χ3v) is 6.10. The summed E-state index contributed by atoms with van der Waals surface area (Å²) in [7, 11) is -3.65. The van der Waals surface area contributed by atoms with Crippen LogP contribution in [0.5, 0.6) is 0 Å². The van der Waals surface area contributed by atoms with Gasteiger partial charge in [-0.2, -0.15) is 13.2 Å². The summed E-state index contributed by atoms with van der Waals surface area (Å²) in [5.74, 6) is 0. The fraction of sp³-hybridized carbons (Fsp3) is 0.571. The van der Waals surface area contributed by atoms with E-state index in [1.54, 1.807) is 6.92 Å². The second-order valence-corrected chi connectivity index (χ2v) is 7.35. The van der Waals surface area contributed by atoms with E-state index >= 15 is 0 Å². The average Bonchev–Trinajstić information content (AvgIpc) is 2.91. The van der Waals surface area contributed by atoms with Gasteiger partial charge >= 0.3 is 6.18 Å². The van der Waals surface area contributed by atoms with Gasteiger partial charge in [0.25, 0.3) is 0 Å². The summed E-state index contributed by atoms with van der Waals surface area (Å²) < 4.78 is 63.6. The quantitative estimate of drug-likeness (QED) is 0.846. The number of rotatable bonds is 3. The van der Waals surface area contributed by atoms with Gasteiger partial charge in [0.1, 0.15) is 0 Å². The van der Waals surface area contributed by atoms with Crippen molar-refractivity contribution in [2.24, 2.45) is 0 Å². The van der Waals surface area contributed by atoms with E-state index in [1.807, 2.05) is 0 Å². The standard InChI is InChI=1S/C14H17F3O2S/c1-2-10-7-8-12(9-13(10)14(15,16)17)20(18,19)11-5-3-4-6-11/h7-9,11H,2-6H2,1H3. The predicted molar refractivity (Wildman–Crippen MR) is 70.3 cm³/mol.